The van der Waals surface area contributed by atoms with Crippen molar-refractivity contribution < 1.29 is 14.3 Å². The smallest absolute Gasteiger partial charge is 0.251 e. The van der Waals surface area contributed by atoms with E-state index >= 15 is 0 Å². The molecule has 3 heterocycles. The van der Waals surface area contributed by atoms with Gasteiger partial charge in [0.15, 0.2) is 0 Å². The molecule has 1 aromatic rings. The van der Waals surface area contributed by atoms with Gasteiger partial charge in [-0.25, -0.2) is 0 Å². The highest BCUT2D eigenvalue weighted by molar-refractivity contribution is 6.30. The van der Waals surface area contributed by atoms with E-state index < -0.39 is 0 Å². The van der Waals surface area contributed by atoms with Crippen molar-refractivity contribution in [3.05, 3.63) is 34.9 Å². The summed E-state index contributed by atoms with van der Waals surface area (Å²) in [5, 5.41) is 6.74. The van der Waals surface area contributed by atoms with Crippen molar-refractivity contribution in [3.8, 4) is 0 Å². The summed E-state index contributed by atoms with van der Waals surface area (Å²) in [6.07, 6.45) is 4.33. The molecule has 2 bridgehead atoms. The molecule has 152 valence electrons. The molecule has 1 aromatic carbocycles. The van der Waals surface area contributed by atoms with E-state index in [2.05, 4.69) is 15.5 Å². The largest absolute Gasteiger partial charge is 0.376 e. The molecule has 3 aliphatic rings. The van der Waals surface area contributed by atoms with Crippen LogP contribution in [0.5, 0.6) is 0 Å². The quantitative estimate of drug-likeness (QED) is 0.761. The SMILES string of the molecule is CC1(NC(=O)CN2[C@@H]3CC[C@H]2C[C@H](CNC(=O)c2cccc(Cl)c2)C3)COC1. The van der Waals surface area contributed by atoms with Crippen molar-refractivity contribution in [2.24, 2.45) is 5.92 Å². The summed E-state index contributed by atoms with van der Waals surface area (Å²) >= 11 is 5.97. The number of ether oxygens (including phenoxy) is 1. The Balaban J connectivity index is 1.26. The van der Waals surface area contributed by atoms with Gasteiger partial charge in [0.2, 0.25) is 5.91 Å². The maximum absolute atomic E-state index is 12.4. The van der Waals surface area contributed by atoms with Crippen molar-refractivity contribution in [2.45, 2.75) is 50.2 Å². The van der Waals surface area contributed by atoms with Crippen molar-refractivity contribution in [2.75, 3.05) is 26.3 Å². The standard InChI is InChI=1S/C21H28ClN3O3/c1-21(12-28-13-21)24-19(26)11-25-17-5-6-18(25)8-14(7-17)10-23-20(27)15-3-2-4-16(22)9-15/h2-4,9,14,17-18H,5-8,10-13H2,1H3,(H,23,27)(H,24,26)/t14-,17-,18+. The second kappa shape index (κ2) is 8.01. The molecular weight excluding hydrogens is 378 g/mol. The maximum atomic E-state index is 12.4. The molecule has 7 heteroatoms. The van der Waals surface area contributed by atoms with Gasteiger partial charge in [-0.1, -0.05) is 17.7 Å². The van der Waals surface area contributed by atoms with E-state index in [-0.39, 0.29) is 17.4 Å². The third kappa shape index (κ3) is 4.34. The zero-order valence-corrected chi connectivity index (χ0v) is 17.0. The van der Waals surface area contributed by atoms with Gasteiger partial charge in [0.25, 0.3) is 5.91 Å². The summed E-state index contributed by atoms with van der Waals surface area (Å²) in [5.41, 5.74) is 0.400. The van der Waals surface area contributed by atoms with Gasteiger partial charge >= 0.3 is 0 Å². The predicted octanol–water partition coefficient (Wildman–Crippen LogP) is 2.22. The normalized spacial score (nSPS) is 28.4. The van der Waals surface area contributed by atoms with Crippen LogP contribution in [0.2, 0.25) is 5.02 Å². The summed E-state index contributed by atoms with van der Waals surface area (Å²) < 4.78 is 5.21. The fourth-order valence-electron chi connectivity index (χ4n) is 4.80. The lowest BCUT2D eigenvalue weighted by Gasteiger charge is -2.41. The minimum absolute atomic E-state index is 0.0763. The number of amides is 2. The van der Waals surface area contributed by atoms with Gasteiger partial charge in [0.05, 0.1) is 25.3 Å². The molecule has 2 N–H and O–H groups in total. The lowest BCUT2D eigenvalue weighted by molar-refractivity contribution is -0.133. The number of rotatable bonds is 6. The lowest BCUT2D eigenvalue weighted by atomic mass is 9.90. The topological polar surface area (TPSA) is 70.7 Å². The van der Waals surface area contributed by atoms with Gasteiger partial charge in [0.1, 0.15) is 0 Å². The number of hydrogen-bond donors (Lipinski definition) is 2. The van der Waals surface area contributed by atoms with Crippen LogP contribution >= 0.6 is 11.6 Å². The molecule has 0 aromatic heterocycles. The van der Waals surface area contributed by atoms with Crippen LogP contribution in [0.1, 0.15) is 43.0 Å². The number of carbonyl (C=O) groups excluding carboxylic acids is 2. The highest BCUT2D eigenvalue weighted by Crippen LogP contribution is 2.38. The van der Waals surface area contributed by atoms with Crippen LogP contribution in [0, 0.1) is 5.92 Å². The molecule has 0 saturated carbocycles. The molecule has 0 radical (unpaired) electrons. The Morgan fingerprint density at radius 3 is 2.57 bits per heavy atom. The van der Waals surface area contributed by atoms with Crippen LogP contribution in [0.3, 0.4) is 0 Å². The number of carbonyl (C=O) groups is 2. The van der Waals surface area contributed by atoms with Crippen LogP contribution in [0.25, 0.3) is 0 Å². The summed E-state index contributed by atoms with van der Waals surface area (Å²) in [4.78, 5) is 27.2. The number of piperidine rings is 1. The molecule has 0 aliphatic carbocycles. The summed E-state index contributed by atoms with van der Waals surface area (Å²) in [6.45, 7) is 4.36. The van der Waals surface area contributed by atoms with Crippen molar-refractivity contribution >= 4 is 23.4 Å². The molecule has 6 nitrogen and oxygen atoms in total. The molecule has 0 spiro atoms. The van der Waals surface area contributed by atoms with E-state index in [1.54, 1.807) is 24.3 Å². The zero-order chi connectivity index (χ0) is 19.7. The Labute approximate surface area is 170 Å². The summed E-state index contributed by atoms with van der Waals surface area (Å²) in [5.74, 6) is 0.473. The van der Waals surface area contributed by atoms with Crippen LogP contribution in [-0.4, -0.2) is 60.6 Å². The highest BCUT2D eigenvalue weighted by Gasteiger charge is 2.42. The molecule has 3 atom stereocenters. The number of hydrogen-bond acceptors (Lipinski definition) is 4. The van der Waals surface area contributed by atoms with E-state index in [1.165, 1.54) is 0 Å². The van der Waals surface area contributed by atoms with E-state index in [0.717, 1.165) is 25.7 Å². The Kier molecular flexibility index (Phi) is 5.63. The Hall–Kier alpha value is -1.63. The average Bonchev–Trinajstić information content (AvgIpc) is 2.87. The molecule has 3 fully saturated rings. The van der Waals surface area contributed by atoms with E-state index in [0.29, 0.717) is 54.9 Å². The second-order valence-electron chi connectivity index (χ2n) is 8.72. The highest BCUT2D eigenvalue weighted by atomic mass is 35.5. The Morgan fingerprint density at radius 1 is 1.25 bits per heavy atom. The third-order valence-corrected chi connectivity index (χ3v) is 6.46. The van der Waals surface area contributed by atoms with Gasteiger partial charge in [-0.3, -0.25) is 14.5 Å². The van der Waals surface area contributed by atoms with Crippen molar-refractivity contribution in [1.29, 1.82) is 0 Å². The van der Waals surface area contributed by atoms with E-state index in [9.17, 15) is 9.59 Å². The van der Waals surface area contributed by atoms with Crippen LogP contribution in [0.4, 0.5) is 0 Å². The zero-order valence-electron chi connectivity index (χ0n) is 16.2. The van der Waals surface area contributed by atoms with Gasteiger partial charge in [-0.05, 0) is 56.7 Å². The number of halogens is 1. The second-order valence-corrected chi connectivity index (χ2v) is 9.15. The fraction of sp³-hybridized carbons (Fsp3) is 0.619. The molecule has 2 amide bonds. The number of nitrogens with one attached hydrogen (secondary N) is 2. The minimum atomic E-state index is -0.195. The molecule has 28 heavy (non-hydrogen) atoms. The number of fused-ring (bicyclic) bond motifs is 2. The van der Waals surface area contributed by atoms with Gasteiger partial charge in [-0.2, -0.15) is 0 Å². The Morgan fingerprint density at radius 2 is 1.96 bits per heavy atom. The first kappa shape index (κ1) is 19.7. The third-order valence-electron chi connectivity index (χ3n) is 6.23. The van der Waals surface area contributed by atoms with E-state index in [4.69, 9.17) is 16.3 Å². The molecule has 3 saturated heterocycles. The first-order valence-corrected chi connectivity index (χ1v) is 10.5. The predicted molar refractivity (Wildman–Crippen MR) is 107 cm³/mol. The van der Waals surface area contributed by atoms with Crippen molar-refractivity contribution in [3.63, 3.8) is 0 Å². The van der Waals surface area contributed by atoms with Gasteiger partial charge in [-0.15, -0.1) is 0 Å². The van der Waals surface area contributed by atoms with Crippen molar-refractivity contribution in [1.82, 2.24) is 15.5 Å². The Bertz CT molecular complexity index is 738. The molecule has 4 rings (SSSR count). The number of nitrogens with zero attached hydrogens (tertiary/aromatic N) is 1. The fourth-order valence-corrected chi connectivity index (χ4v) is 4.99. The number of benzene rings is 1. The monoisotopic (exact) mass is 405 g/mol. The average molecular weight is 406 g/mol. The maximum Gasteiger partial charge on any atom is 0.251 e. The van der Waals surface area contributed by atoms with Gasteiger partial charge in [0, 0.05) is 29.2 Å². The molecular formula is C21H28ClN3O3. The van der Waals surface area contributed by atoms with Crippen LogP contribution < -0.4 is 10.6 Å². The lowest BCUT2D eigenvalue weighted by Crippen LogP contribution is -2.62. The van der Waals surface area contributed by atoms with Gasteiger partial charge < -0.3 is 15.4 Å². The first-order valence-electron chi connectivity index (χ1n) is 10.1. The molecule has 3 aliphatic heterocycles. The van der Waals surface area contributed by atoms with Crippen LogP contribution in [0.15, 0.2) is 24.3 Å². The summed E-state index contributed by atoms with van der Waals surface area (Å²) in [6, 6.07) is 7.89. The molecule has 0 unspecified atom stereocenters. The minimum Gasteiger partial charge on any atom is -0.376 e. The van der Waals surface area contributed by atoms with E-state index in [1.807, 2.05) is 6.92 Å². The summed E-state index contributed by atoms with van der Waals surface area (Å²) in [7, 11) is 0. The van der Waals surface area contributed by atoms with Crippen LogP contribution in [-0.2, 0) is 9.53 Å². The first-order chi connectivity index (χ1) is 13.4.